The van der Waals surface area contributed by atoms with Crippen molar-refractivity contribution < 1.29 is 4.79 Å². The summed E-state index contributed by atoms with van der Waals surface area (Å²) in [5.74, 6) is -0.00157. The number of carbonyl (C=O) groups is 1. The smallest absolute Gasteiger partial charge is 0.256 e. The van der Waals surface area contributed by atoms with E-state index in [0.717, 1.165) is 30.9 Å². The van der Waals surface area contributed by atoms with Crippen molar-refractivity contribution in [2.45, 2.75) is 25.3 Å². The lowest BCUT2D eigenvalue weighted by Gasteiger charge is -2.34. The number of aromatic nitrogens is 3. The van der Waals surface area contributed by atoms with E-state index >= 15 is 0 Å². The average Bonchev–Trinajstić information content (AvgIpc) is 3.11. The van der Waals surface area contributed by atoms with Crippen molar-refractivity contribution in [3.05, 3.63) is 53.6 Å². The number of rotatable bonds is 5. The van der Waals surface area contributed by atoms with Gasteiger partial charge in [-0.15, -0.1) is 0 Å². The number of likely N-dealkylation sites (tertiary alicyclic amines) is 1. The van der Waals surface area contributed by atoms with Crippen LogP contribution >= 0.6 is 0 Å². The molecule has 0 bridgehead atoms. The Morgan fingerprint density at radius 3 is 3.04 bits per heavy atom. The highest BCUT2D eigenvalue weighted by Gasteiger charge is 2.29. The van der Waals surface area contributed by atoms with Gasteiger partial charge in [0.25, 0.3) is 5.91 Å². The largest absolute Gasteiger partial charge is 0.345 e. The van der Waals surface area contributed by atoms with Crippen molar-refractivity contribution >= 4 is 12.0 Å². The predicted molar refractivity (Wildman–Crippen MR) is 98.0 cm³/mol. The third kappa shape index (κ3) is 4.14. The third-order valence-electron chi connectivity index (χ3n) is 4.57. The van der Waals surface area contributed by atoms with Crippen molar-refractivity contribution in [1.29, 1.82) is 0 Å². The van der Waals surface area contributed by atoms with Crippen LogP contribution in [0.5, 0.6) is 0 Å². The summed E-state index contributed by atoms with van der Waals surface area (Å²) in [5.41, 5.74) is 2.57. The van der Waals surface area contributed by atoms with Gasteiger partial charge in [0, 0.05) is 26.8 Å². The fourth-order valence-corrected chi connectivity index (χ4v) is 3.28. The Labute approximate surface area is 148 Å². The van der Waals surface area contributed by atoms with Gasteiger partial charge in [0.2, 0.25) is 0 Å². The molecule has 1 fully saturated rings. The molecule has 1 atom stereocenters. The van der Waals surface area contributed by atoms with Crippen LogP contribution < -0.4 is 0 Å². The first-order valence-electron chi connectivity index (χ1n) is 8.73. The molecule has 3 rings (SSSR count). The van der Waals surface area contributed by atoms with Gasteiger partial charge in [0.15, 0.2) is 0 Å². The molecule has 1 N–H and O–H groups in total. The van der Waals surface area contributed by atoms with E-state index in [9.17, 15) is 4.79 Å². The Balaban J connectivity index is 1.75. The molecule has 0 aromatic carbocycles. The van der Waals surface area contributed by atoms with Crippen molar-refractivity contribution in [3.63, 3.8) is 0 Å². The monoisotopic (exact) mass is 339 g/mol. The second kappa shape index (κ2) is 8.07. The first-order chi connectivity index (χ1) is 12.2. The summed E-state index contributed by atoms with van der Waals surface area (Å²) in [4.78, 5) is 20.7. The molecule has 0 aliphatic carbocycles. The standard InChI is InChI=1S/C19H25N5O/c1-23(2)19(25)16-14-21-22-18(16)17-10-4-6-12-24(17)13-7-9-15-8-3-5-11-20-15/h3,5,7-9,11,14,17H,4,6,10,12-13H2,1-2H3,(H,21,22)/b9-7+. The fraction of sp³-hybridized carbons (Fsp3) is 0.421. The van der Waals surface area contributed by atoms with Gasteiger partial charge in [0.1, 0.15) is 0 Å². The molecule has 2 aromatic heterocycles. The quantitative estimate of drug-likeness (QED) is 0.910. The number of pyridine rings is 1. The van der Waals surface area contributed by atoms with Gasteiger partial charge < -0.3 is 4.90 Å². The maximum atomic E-state index is 12.4. The van der Waals surface area contributed by atoms with Gasteiger partial charge in [0.05, 0.1) is 29.2 Å². The fourth-order valence-electron chi connectivity index (χ4n) is 3.28. The summed E-state index contributed by atoms with van der Waals surface area (Å²) in [6.45, 7) is 1.85. The second-order valence-electron chi connectivity index (χ2n) is 6.56. The summed E-state index contributed by atoms with van der Waals surface area (Å²) >= 11 is 0. The van der Waals surface area contributed by atoms with E-state index in [4.69, 9.17) is 0 Å². The number of carbonyl (C=O) groups excluding carboxylic acids is 1. The zero-order valence-electron chi connectivity index (χ0n) is 14.9. The number of nitrogens with one attached hydrogen (secondary N) is 1. The van der Waals surface area contributed by atoms with Crippen molar-refractivity contribution in [3.8, 4) is 0 Å². The molecule has 6 nitrogen and oxygen atoms in total. The van der Waals surface area contributed by atoms with E-state index < -0.39 is 0 Å². The van der Waals surface area contributed by atoms with Crippen LogP contribution in [0.3, 0.4) is 0 Å². The van der Waals surface area contributed by atoms with E-state index in [-0.39, 0.29) is 11.9 Å². The zero-order valence-corrected chi connectivity index (χ0v) is 14.9. The average molecular weight is 339 g/mol. The van der Waals surface area contributed by atoms with E-state index in [1.807, 2.05) is 24.3 Å². The van der Waals surface area contributed by atoms with Gasteiger partial charge >= 0.3 is 0 Å². The van der Waals surface area contributed by atoms with E-state index in [1.165, 1.54) is 12.8 Å². The molecule has 1 saturated heterocycles. The van der Waals surface area contributed by atoms with Crippen LogP contribution in [0, 0.1) is 0 Å². The summed E-state index contributed by atoms with van der Waals surface area (Å²) in [6, 6.07) is 6.09. The lowest BCUT2D eigenvalue weighted by atomic mass is 9.96. The van der Waals surface area contributed by atoms with Crippen molar-refractivity contribution in [2.24, 2.45) is 0 Å². The lowest BCUT2D eigenvalue weighted by Crippen LogP contribution is -2.35. The van der Waals surface area contributed by atoms with Crippen LogP contribution in [0.25, 0.3) is 6.08 Å². The summed E-state index contributed by atoms with van der Waals surface area (Å²) < 4.78 is 0. The third-order valence-corrected chi connectivity index (χ3v) is 4.57. The molecule has 0 radical (unpaired) electrons. The van der Waals surface area contributed by atoms with Gasteiger partial charge in [-0.25, -0.2) is 0 Å². The molecule has 2 aromatic rings. The molecule has 1 amide bonds. The van der Waals surface area contributed by atoms with Gasteiger partial charge in [-0.3, -0.25) is 19.8 Å². The highest BCUT2D eigenvalue weighted by Crippen LogP contribution is 2.31. The highest BCUT2D eigenvalue weighted by molar-refractivity contribution is 5.94. The molecular weight excluding hydrogens is 314 g/mol. The highest BCUT2D eigenvalue weighted by atomic mass is 16.2. The summed E-state index contributed by atoms with van der Waals surface area (Å²) in [6.07, 6.45) is 11.0. The number of hydrogen-bond acceptors (Lipinski definition) is 4. The zero-order chi connectivity index (χ0) is 17.6. The first kappa shape index (κ1) is 17.4. The van der Waals surface area contributed by atoms with Gasteiger partial charge in [-0.1, -0.05) is 18.6 Å². The summed E-state index contributed by atoms with van der Waals surface area (Å²) in [5, 5.41) is 7.21. The molecular formula is C19H25N5O. The molecule has 1 unspecified atom stereocenters. The predicted octanol–water partition coefficient (Wildman–Crippen LogP) is 2.75. The molecule has 132 valence electrons. The van der Waals surface area contributed by atoms with Gasteiger partial charge in [-0.2, -0.15) is 5.10 Å². The Morgan fingerprint density at radius 1 is 1.40 bits per heavy atom. The molecule has 1 aliphatic rings. The number of aromatic amines is 1. The van der Waals surface area contributed by atoms with Crippen LogP contribution in [0.4, 0.5) is 0 Å². The first-order valence-corrected chi connectivity index (χ1v) is 8.73. The molecule has 0 saturated carbocycles. The van der Waals surface area contributed by atoms with Crippen LogP contribution in [0.2, 0.25) is 0 Å². The van der Waals surface area contributed by atoms with Crippen molar-refractivity contribution in [1.82, 2.24) is 25.0 Å². The Hall–Kier alpha value is -2.47. The van der Waals surface area contributed by atoms with Crippen LogP contribution in [0.15, 0.2) is 36.7 Å². The molecule has 0 spiro atoms. The van der Waals surface area contributed by atoms with Crippen LogP contribution in [-0.4, -0.2) is 58.1 Å². The topological polar surface area (TPSA) is 65.1 Å². The number of piperidine rings is 1. The molecule has 25 heavy (non-hydrogen) atoms. The van der Waals surface area contributed by atoms with Crippen LogP contribution in [-0.2, 0) is 0 Å². The second-order valence-corrected chi connectivity index (χ2v) is 6.56. The Kier molecular flexibility index (Phi) is 5.60. The minimum Gasteiger partial charge on any atom is -0.345 e. The molecule has 6 heteroatoms. The summed E-state index contributed by atoms with van der Waals surface area (Å²) in [7, 11) is 3.54. The normalized spacial score (nSPS) is 18.6. The molecule has 3 heterocycles. The maximum Gasteiger partial charge on any atom is 0.256 e. The number of H-pyrrole nitrogens is 1. The molecule has 1 aliphatic heterocycles. The van der Waals surface area contributed by atoms with E-state index in [2.05, 4.69) is 26.2 Å². The van der Waals surface area contributed by atoms with Gasteiger partial charge in [-0.05, 0) is 37.6 Å². The number of amides is 1. The van der Waals surface area contributed by atoms with E-state index in [1.54, 1.807) is 31.4 Å². The minimum absolute atomic E-state index is 0.00157. The maximum absolute atomic E-state index is 12.4. The Morgan fingerprint density at radius 2 is 2.28 bits per heavy atom. The number of nitrogens with zero attached hydrogens (tertiary/aromatic N) is 4. The van der Waals surface area contributed by atoms with E-state index in [0.29, 0.717) is 5.56 Å². The van der Waals surface area contributed by atoms with Crippen LogP contribution in [0.1, 0.15) is 47.1 Å². The SMILES string of the molecule is CN(C)C(=O)c1cn[nH]c1C1CCCCN1C/C=C/c1ccccn1. The van der Waals surface area contributed by atoms with Crippen molar-refractivity contribution in [2.75, 3.05) is 27.2 Å². The minimum atomic E-state index is -0.00157. The Bertz CT molecular complexity index is 722. The number of hydrogen-bond donors (Lipinski definition) is 1. The lowest BCUT2D eigenvalue weighted by molar-refractivity contribution is 0.0821.